The maximum absolute atomic E-state index is 11.9. The summed E-state index contributed by atoms with van der Waals surface area (Å²) >= 11 is 0. The quantitative estimate of drug-likeness (QED) is 0.570. The third-order valence-electron chi connectivity index (χ3n) is 3.31. The topological polar surface area (TPSA) is 84.6 Å². The Labute approximate surface area is 112 Å². The van der Waals surface area contributed by atoms with Crippen LogP contribution in [-0.4, -0.2) is 30.3 Å². The molecule has 1 aromatic rings. The van der Waals surface area contributed by atoms with Gasteiger partial charge in [-0.3, -0.25) is 4.79 Å². The lowest BCUT2D eigenvalue weighted by Gasteiger charge is -2.22. The lowest BCUT2D eigenvalue weighted by atomic mass is 10.1. The van der Waals surface area contributed by atoms with E-state index in [1.165, 1.54) is 24.6 Å². The Morgan fingerprint density at radius 3 is 3.05 bits per heavy atom. The molecular weight excluding hydrogens is 244 g/mol. The minimum Gasteiger partial charge on any atom is -0.508 e. The number of nitrogens with one attached hydrogen (secondary N) is 1. The summed E-state index contributed by atoms with van der Waals surface area (Å²) in [6.07, 6.45) is 4.44. The highest BCUT2D eigenvalue weighted by atomic mass is 16.5. The second-order valence-corrected chi connectivity index (χ2v) is 4.80. The summed E-state index contributed by atoms with van der Waals surface area (Å²) in [6.45, 7) is 1.37. The van der Waals surface area contributed by atoms with Gasteiger partial charge >= 0.3 is 0 Å². The van der Waals surface area contributed by atoms with Crippen LogP contribution in [0.3, 0.4) is 0 Å². The summed E-state index contributed by atoms with van der Waals surface area (Å²) < 4.78 is 5.59. The Morgan fingerprint density at radius 2 is 2.32 bits per heavy atom. The van der Waals surface area contributed by atoms with Crippen LogP contribution in [0.1, 0.15) is 36.0 Å². The van der Waals surface area contributed by atoms with Gasteiger partial charge in [-0.05, 0) is 43.9 Å². The second-order valence-electron chi connectivity index (χ2n) is 4.80. The molecule has 0 aliphatic carbocycles. The van der Waals surface area contributed by atoms with E-state index >= 15 is 0 Å². The van der Waals surface area contributed by atoms with Crippen LogP contribution in [0, 0.1) is 0 Å². The van der Waals surface area contributed by atoms with Crippen LogP contribution in [0.5, 0.6) is 5.75 Å². The Balaban J connectivity index is 1.82. The van der Waals surface area contributed by atoms with E-state index in [1.807, 2.05) is 0 Å². The zero-order valence-electron chi connectivity index (χ0n) is 10.9. The fraction of sp³-hybridized carbons (Fsp3) is 0.500. The van der Waals surface area contributed by atoms with Crippen molar-refractivity contribution >= 4 is 11.6 Å². The van der Waals surface area contributed by atoms with E-state index < -0.39 is 0 Å². The van der Waals surface area contributed by atoms with Crippen LogP contribution in [0.25, 0.3) is 0 Å². The number of ether oxygens (including phenoxy) is 1. The van der Waals surface area contributed by atoms with Gasteiger partial charge in [0.2, 0.25) is 0 Å². The number of hydrogen-bond donors (Lipinski definition) is 3. The number of benzene rings is 1. The average Bonchev–Trinajstić information content (AvgIpc) is 2.42. The van der Waals surface area contributed by atoms with Gasteiger partial charge in [-0.25, -0.2) is 0 Å². The maximum atomic E-state index is 11.9. The molecule has 0 aromatic heterocycles. The standard InChI is InChI=1S/C14H20N2O3/c15-13-5-4-10(17)9-12(13)14(18)16-7-6-11-3-1-2-8-19-11/h4-5,9,11,17H,1-3,6-8,15H2,(H,16,18). The minimum absolute atomic E-state index is 0.0370. The first-order valence-corrected chi connectivity index (χ1v) is 6.65. The molecule has 0 radical (unpaired) electrons. The SMILES string of the molecule is Nc1ccc(O)cc1C(=O)NCCC1CCCCO1. The average molecular weight is 264 g/mol. The lowest BCUT2D eigenvalue weighted by molar-refractivity contribution is 0.0117. The van der Waals surface area contributed by atoms with E-state index in [0.29, 0.717) is 17.8 Å². The van der Waals surface area contributed by atoms with E-state index in [-0.39, 0.29) is 17.8 Å². The first kappa shape index (κ1) is 13.7. The van der Waals surface area contributed by atoms with Gasteiger partial charge in [-0.1, -0.05) is 0 Å². The van der Waals surface area contributed by atoms with Crippen LogP contribution >= 0.6 is 0 Å². The molecule has 1 aliphatic heterocycles. The first-order valence-electron chi connectivity index (χ1n) is 6.65. The maximum Gasteiger partial charge on any atom is 0.253 e. The molecule has 1 saturated heterocycles. The predicted molar refractivity (Wildman–Crippen MR) is 73.1 cm³/mol. The summed E-state index contributed by atoms with van der Waals surface area (Å²) in [5.41, 5.74) is 6.38. The van der Waals surface area contributed by atoms with Crippen LogP contribution in [0.2, 0.25) is 0 Å². The molecule has 5 heteroatoms. The fourth-order valence-corrected chi connectivity index (χ4v) is 2.22. The molecule has 5 nitrogen and oxygen atoms in total. The van der Waals surface area contributed by atoms with Gasteiger partial charge in [0.15, 0.2) is 0 Å². The van der Waals surface area contributed by atoms with Crippen molar-refractivity contribution in [3.63, 3.8) is 0 Å². The normalized spacial score (nSPS) is 19.1. The molecule has 0 bridgehead atoms. The zero-order valence-corrected chi connectivity index (χ0v) is 10.9. The molecule has 19 heavy (non-hydrogen) atoms. The molecule has 1 fully saturated rings. The molecule has 2 rings (SSSR count). The molecule has 1 amide bonds. The van der Waals surface area contributed by atoms with Crippen molar-refractivity contribution in [1.29, 1.82) is 0 Å². The Kier molecular flexibility index (Phi) is 4.63. The summed E-state index contributed by atoms with van der Waals surface area (Å²) in [6, 6.07) is 4.36. The number of nitrogen functional groups attached to an aromatic ring is 1. The molecule has 1 atom stereocenters. The van der Waals surface area contributed by atoms with Gasteiger partial charge in [0.25, 0.3) is 5.91 Å². The number of amides is 1. The van der Waals surface area contributed by atoms with E-state index in [1.54, 1.807) is 0 Å². The fourth-order valence-electron chi connectivity index (χ4n) is 2.22. The number of carbonyl (C=O) groups is 1. The molecule has 1 aromatic carbocycles. The molecule has 0 spiro atoms. The zero-order chi connectivity index (χ0) is 13.7. The van der Waals surface area contributed by atoms with Gasteiger partial charge in [0.1, 0.15) is 5.75 Å². The van der Waals surface area contributed by atoms with Gasteiger partial charge in [0.05, 0.1) is 11.7 Å². The molecule has 0 saturated carbocycles. The summed E-state index contributed by atoms with van der Waals surface area (Å²) in [5.74, 6) is -0.223. The van der Waals surface area contributed by atoms with Crippen LogP contribution in [0.15, 0.2) is 18.2 Å². The Morgan fingerprint density at radius 1 is 1.47 bits per heavy atom. The summed E-state index contributed by atoms with van der Waals surface area (Å²) in [5, 5.41) is 12.2. The Hall–Kier alpha value is -1.75. The van der Waals surface area contributed by atoms with Crippen molar-refractivity contribution in [3.05, 3.63) is 23.8 Å². The number of hydrogen-bond acceptors (Lipinski definition) is 4. The van der Waals surface area contributed by atoms with Crippen molar-refractivity contribution < 1.29 is 14.6 Å². The first-order chi connectivity index (χ1) is 9.16. The highest BCUT2D eigenvalue weighted by Gasteiger charge is 2.15. The Bertz CT molecular complexity index is 442. The molecule has 104 valence electrons. The van der Waals surface area contributed by atoms with Gasteiger partial charge in [-0.15, -0.1) is 0 Å². The van der Waals surface area contributed by atoms with Crippen LogP contribution in [0.4, 0.5) is 5.69 Å². The second kappa shape index (κ2) is 6.43. The minimum atomic E-state index is -0.260. The smallest absolute Gasteiger partial charge is 0.253 e. The lowest BCUT2D eigenvalue weighted by Crippen LogP contribution is -2.29. The summed E-state index contributed by atoms with van der Waals surface area (Å²) in [7, 11) is 0. The molecular formula is C14H20N2O3. The molecule has 4 N–H and O–H groups in total. The van der Waals surface area contributed by atoms with Crippen molar-refractivity contribution in [3.8, 4) is 5.75 Å². The number of nitrogens with two attached hydrogens (primary N) is 1. The molecule has 1 heterocycles. The van der Waals surface area contributed by atoms with Gasteiger partial charge in [0, 0.05) is 18.8 Å². The summed E-state index contributed by atoms with van der Waals surface area (Å²) in [4.78, 5) is 11.9. The highest BCUT2D eigenvalue weighted by molar-refractivity contribution is 5.99. The van der Waals surface area contributed by atoms with E-state index in [4.69, 9.17) is 10.5 Å². The van der Waals surface area contributed by atoms with Crippen molar-refractivity contribution in [2.75, 3.05) is 18.9 Å². The van der Waals surface area contributed by atoms with Gasteiger partial charge < -0.3 is 20.9 Å². The van der Waals surface area contributed by atoms with Crippen molar-refractivity contribution in [2.45, 2.75) is 31.8 Å². The molecule has 1 unspecified atom stereocenters. The largest absolute Gasteiger partial charge is 0.508 e. The predicted octanol–water partition coefficient (Wildman–Crippen LogP) is 1.66. The van der Waals surface area contributed by atoms with Crippen molar-refractivity contribution in [1.82, 2.24) is 5.32 Å². The third-order valence-corrected chi connectivity index (χ3v) is 3.31. The highest BCUT2D eigenvalue weighted by Crippen LogP contribution is 2.18. The van der Waals surface area contributed by atoms with E-state index in [0.717, 1.165) is 25.9 Å². The van der Waals surface area contributed by atoms with Gasteiger partial charge in [-0.2, -0.15) is 0 Å². The number of aromatic hydroxyl groups is 1. The third kappa shape index (κ3) is 3.86. The van der Waals surface area contributed by atoms with E-state index in [9.17, 15) is 9.90 Å². The molecule has 1 aliphatic rings. The number of rotatable bonds is 4. The van der Waals surface area contributed by atoms with Crippen molar-refractivity contribution in [2.24, 2.45) is 0 Å². The number of phenols is 1. The number of anilines is 1. The van der Waals surface area contributed by atoms with E-state index in [2.05, 4.69) is 5.32 Å². The van der Waals surface area contributed by atoms with Crippen LogP contribution < -0.4 is 11.1 Å². The monoisotopic (exact) mass is 264 g/mol. The number of phenolic OH excluding ortho intramolecular Hbond substituents is 1. The number of carbonyl (C=O) groups excluding carboxylic acids is 1. The van der Waals surface area contributed by atoms with Crippen LogP contribution in [-0.2, 0) is 4.74 Å².